The monoisotopic (exact) mass is 272 g/mol. The number of benzene rings is 1. The standard InChI is InChI=1S/C14H12N2O2S/c17-13(18-12-4-2-1-3-5-12)9-16-8-11-6-7-19-14(11)15-10-16/h1-8H,9-10H2. The van der Waals surface area contributed by atoms with Gasteiger partial charge in [-0.25, -0.2) is 4.79 Å². The fraction of sp³-hybridized carbons (Fsp3) is 0.143. The molecule has 0 amide bonds. The van der Waals surface area contributed by atoms with Crippen LogP contribution in [-0.2, 0) is 4.79 Å². The maximum atomic E-state index is 11.8. The molecule has 1 aromatic carbocycles. The number of hydrogen-bond acceptors (Lipinski definition) is 5. The van der Waals surface area contributed by atoms with Crippen LogP contribution in [0.3, 0.4) is 0 Å². The molecule has 0 fully saturated rings. The molecule has 0 aliphatic carbocycles. The van der Waals surface area contributed by atoms with Crippen LogP contribution in [0.25, 0.3) is 6.20 Å². The predicted molar refractivity (Wildman–Crippen MR) is 73.2 cm³/mol. The Kier molecular flexibility index (Phi) is 3.29. The van der Waals surface area contributed by atoms with E-state index in [1.807, 2.05) is 40.7 Å². The molecule has 0 spiro atoms. The quantitative estimate of drug-likeness (QED) is 0.618. The number of para-hydroxylation sites is 1. The zero-order valence-corrected chi connectivity index (χ0v) is 11.0. The SMILES string of the molecule is O=C(CN1C=c2ccsc2=NC1)Oc1ccccc1. The number of carbonyl (C=O) groups excluding carboxylic acids is 1. The van der Waals surface area contributed by atoms with E-state index in [-0.39, 0.29) is 12.5 Å². The van der Waals surface area contributed by atoms with Crippen LogP contribution in [0.2, 0.25) is 0 Å². The minimum atomic E-state index is -0.281. The van der Waals surface area contributed by atoms with Crippen LogP contribution in [0.1, 0.15) is 0 Å². The smallest absolute Gasteiger partial charge is 0.330 e. The summed E-state index contributed by atoms with van der Waals surface area (Å²) in [4.78, 5) is 18.1. The molecule has 0 N–H and O–H groups in total. The van der Waals surface area contributed by atoms with Crippen molar-refractivity contribution in [3.05, 3.63) is 51.7 Å². The molecule has 0 atom stereocenters. The summed E-state index contributed by atoms with van der Waals surface area (Å²) in [7, 11) is 0. The van der Waals surface area contributed by atoms with E-state index in [1.165, 1.54) is 0 Å². The lowest BCUT2D eigenvalue weighted by atomic mass is 10.3. The van der Waals surface area contributed by atoms with Gasteiger partial charge in [0.25, 0.3) is 0 Å². The molecule has 0 radical (unpaired) electrons. The van der Waals surface area contributed by atoms with Crippen LogP contribution in [0.5, 0.6) is 5.75 Å². The van der Waals surface area contributed by atoms with E-state index < -0.39 is 0 Å². The van der Waals surface area contributed by atoms with E-state index >= 15 is 0 Å². The van der Waals surface area contributed by atoms with Gasteiger partial charge in [-0.3, -0.25) is 4.99 Å². The lowest BCUT2D eigenvalue weighted by Crippen LogP contribution is -2.36. The number of carbonyl (C=O) groups is 1. The molecule has 0 unspecified atom stereocenters. The van der Waals surface area contributed by atoms with Crippen molar-refractivity contribution in [1.82, 2.24) is 4.90 Å². The third kappa shape index (κ3) is 2.82. The van der Waals surface area contributed by atoms with Crippen LogP contribution >= 0.6 is 11.3 Å². The van der Waals surface area contributed by atoms with Crippen molar-refractivity contribution in [2.45, 2.75) is 0 Å². The van der Waals surface area contributed by atoms with Crippen molar-refractivity contribution < 1.29 is 9.53 Å². The van der Waals surface area contributed by atoms with Gasteiger partial charge in [0.05, 0.1) is 0 Å². The van der Waals surface area contributed by atoms with E-state index in [9.17, 15) is 4.79 Å². The molecule has 19 heavy (non-hydrogen) atoms. The zero-order chi connectivity index (χ0) is 13.1. The number of ether oxygens (including phenoxy) is 1. The second-order valence-electron chi connectivity index (χ2n) is 4.14. The van der Waals surface area contributed by atoms with Gasteiger partial charge in [0.2, 0.25) is 0 Å². The van der Waals surface area contributed by atoms with Gasteiger partial charge in [0.15, 0.2) is 0 Å². The second kappa shape index (κ2) is 5.24. The van der Waals surface area contributed by atoms with Gasteiger partial charge >= 0.3 is 5.97 Å². The Labute approximate surface area is 114 Å². The van der Waals surface area contributed by atoms with Crippen LogP contribution < -0.4 is 14.6 Å². The third-order valence-electron chi connectivity index (χ3n) is 2.70. The average molecular weight is 272 g/mol. The largest absolute Gasteiger partial charge is 0.425 e. The molecular formula is C14H12N2O2S. The summed E-state index contributed by atoms with van der Waals surface area (Å²) in [5.41, 5.74) is 0. The first-order valence-electron chi connectivity index (χ1n) is 5.91. The van der Waals surface area contributed by atoms with Gasteiger partial charge in [-0.05, 0) is 23.6 Å². The first kappa shape index (κ1) is 11.9. The maximum absolute atomic E-state index is 11.8. The van der Waals surface area contributed by atoms with Crippen LogP contribution in [-0.4, -0.2) is 24.1 Å². The average Bonchev–Trinajstić information content (AvgIpc) is 2.87. The van der Waals surface area contributed by atoms with E-state index in [0.29, 0.717) is 12.4 Å². The van der Waals surface area contributed by atoms with Gasteiger partial charge in [0, 0.05) is 11.4 Å². The highest BCUT2D eigenvalue weighted by molar-refractivity contribution is 7.07. The van der Waals surface area contributed by atoms with Crippen molar-refractivity contribution >= 4 is 23.5 Å². The highest BCUT2D eigenvalue weighted by atomic mass is 32.1. The molecule has 96 valence electrons. The first-order chi connectivity index (χ1) is 9.31. The summed E-state index contributed by atoms with van der Waals surface area (Å²) < 4.78 is 6.27. The number of hydrogen-bond donors (Lipinski definition) is 0. The molecule has 0 bridgehead atoms. The maximum Gasteiger partial charge on any atom is 0.330 e. The molecule has 2 heterocycles. The summed E-state index contributed by atoms with van der Waals surface area (Å²) >= 11 is 1.61. The van der Waals surface area contributed by atoms with Crippen molar-refractivity contribution in [2.24, 2.45) is 4.99 Å². The Morgan fingerprint density at radius 2 is 2.16 bits per heavy atom. The van der Waals surface area contributed by atoms with Gasteiger partial charge in [-0.2, -0.15) is 0 Å². The van der Waals surface area contributed by atoms with Gasteiger partial charge < -0.3 is 9.64 Å². The normalized spacial score (nSPS) is 13.2. The summed E-state index contributed by atoms with van der Waals surface area (Å²) in [6.45, 7) is 0.699. The van der Waals surface area contributed by atoms with Crippen molar-refractivity contribution in [2.75, 3.05) is 13.2 Å². The van der Waals surface area contributed by atoms with Crippen molar-refractivity contribution in [3.63, 3.8) is 0 Å². The van der Waals surface area contributed by atoms with Gasteiger partial charge in [0.1, 0.15) is 23.6 Å². The van der Waals surface area contributed by atoms with Gasteiger partial charge in [-0.1, -0.05) is 18.2 Å². The molecule has 3 rings (SSSR count). The van der Waals surface area contributed by atoms with E-state index in [1.54, 1.807) is 23.5 Å². The fourth-order valence-electron chi connectivity index (χ4n) is 1.84. The summed E-state index contributed by atoms with van der Waals surface area (Å²) in [5.74, 6) is 0.286. The van der Waals surface area contributed by atoms with Gasteiger partial charge in [-0.15, -0.1) is 11.3 Å². The highest BCUT2D eigenvalue weighted by Gasteiger charge is 2.11. The zero-order valence-electron chi connectivity index (χ0n) is 10.2. The van der Waals surface area contributed by atoms with E-state index in [2.05, 4.69) is 4.99 Å². The Balaban J connectivity index is 1.65. The van der Waals surface area contributed by atoms with Crippen molar-refractivity contribution in [3.8, 4) is 5.75 Å². The molecule has 0 saturated carbocycles. The highest BCUT2D eigenvalue weighted by Crippen LogP contribution is 2.08. The molecule has 1 aliphatic heterocycles. The third-order valence-corrected chi connectivity index (χ3v) is 3.56. The fourth-order valence-corrected chi connectivity index (χ4v) is 2.58. The molecule has 2 aromatic rings. The number of nitrogens with zero attached hydrogens (tertiary/aromatic N) is 2. The lowest BCUT2D eigenvalue weighted by Gasteiger charge is -2.18. The predicted octanol–water partition coefficient (Wildman–Crippen LogP) is 0.984. The molecule has 1 aromatic heterocycles. The minimum absolute atomic E-state index is 0.202. The molecule has 4 nitrogen and oxygen atoms in total. The number of rotatable bonds is 3. The lowest BCUT2D eigenvalue weighted by molar-refractivity contribution is -0.134. The molecule has 0 saturated heterocycles. The van der Waals surface area contributed by atoms with Crippen LogP contribution in [0, 0.1) is 0 Å². The summed E-state index contributed by atoms with van der Waals surface area (Å²) in [5, 5.41) is 3.06. The number of fused-ring (bicyclic) bond motifs is 1. The Morgan fingerprint density at radius 1 is 1.32 bits per heavy atom. The Morgan fingerprint density at radius 3 is 3.00 bits per heavy atom. The molecule has 5 heteroatoms. The Hall–Kier alpha value is -2.14. The Bertz CT molecular complexity index is 694. The topological polar surface area (TPSA) is 41.9 Å². The minimum Gasteiger partial charge on any atom is -0.425 e. The first-order valence-corrected chi connectivity index (χ1v) is 6.79. The second-order valence-corrected chi connectivity index (χ2v) is 5.04. The van der Waals surface area contributed by atoms with E-state index in [0.717, 1.165) is 9.89 Å². The van der Waals surface area contributed by atoms with Crippen LogP contribution in [0.15, 0.2) is 46.8 Å². The molecule has 1 aliphatic rings. The number of esters is 1. The number of thiophene rings is 1. The van der Waals surface area contributed by atoms with Crippen LogP contribution in [0.4, 0.5) is 0 Å². The van der Waals surface area contributed by atoms with Crippen molar-refractivity contribution in [1.29, 1.82) is 0 Å². The summed E-state index contributed by atoms with van der Waals surface area (Å²) in [6, 6.07) is 11.1. The van der Waals surface area contributed by atoms with E-state index in [4.69, 9.17) is 4.74 Å². The summed E-state index contributed by atoms with van der Waals surface area (Å²) in [6.07, 6.45) is 1.95. The molecular weight excluding hydrogens is 260 g/mol.